The highest BCUT2D eigenvalue weighted by molar-refractivity contribution is 6.26. The topological polar surface area (TPSA) is 81.6 Å². The lowest BCUT2D eigenvalue weighted by molar-refractivity contribution is -0.199. The molecule has 0 amide bonds. The molecule has 192 valence electrons. The zero-order chi connectivity index (χ0) is 25.3. The second-order valence-corrected chi connectivity index (χ2v) is 13.2. The van der Waals surface area contributed by atoms with Crippen molar-refractivity contribution >= 4 is 28.1 Å². The van der Waals surface area contributed by atoms with Crippen molar-refractivity contribution in [3.63, 3.8) is 0 Å². The zero-order valence-electron chi connectivity index (χ0n) is 21.5. The van der Waals surface area contributed by atoms with Crippen molar-refractivity contribution in [3.8, 4) is 0 Å². The van der Waals surface area contributed by atoms with Gasteiger partial charge in [-0.3, -0.25) is 5.10 Å². The molecule has 3 fully saturated rings. The van der Waals surface area contributed by atoms with Crippen LogP contribution in [0.15, 0.2) is 35.9 Å². The Morgan fingerprint density at radius 3 is 2.75 bits per heavy atom. The monoisotopic (exact) mass is 509 g/mol. The van der Waals surface area contributed by atoms with Gasteiger partial charge in [-0.05, 0) is 93.8 Å². The second kappa shape index (κ2) is 7.23. The molecular weight excluding hydrogens is 474 g/mol. The molecule has 2 spiro atoms. The summed E-state index contributed by atoms with van der Waals surface area (Å²) in [6, 6.07) is 6.45. The van der Waals surface area contributed by atoms with E-state index in [1.165, 1.54) is 16.5 Å². The van der Waals surface area contributed by atoms with Crippen molar-refractivity contribution in [2.45, 2.75) is 86.7 Å². The Hall–Kier alpha value is -1.70. The Kier molecular flexibility index (Phi) is 4.71. The lowest BCUT2D eigenvalue weighted by Gasteiger charge is -2.61. The molecule has 7 rings (SSSR count). The first-order valence-corrected chi connectivity index (χ1v) is 13.7. The van der Waals surface area contributed by atoms with E-state index < -0.39 is 28.3 Å². The Morgan fingerprint density at radius 1 is 1.17 bits per heavy atom. The number of aromatic nitrogens is 2. The van der Waals surface area contributed by atoms with Crippen LogP contribution < -0.4 is 0 Å². The van der Waals surface area contributed by atoms with Gasteiger partial charge in [-0.25, -0.2) is 0 Å². The van der Waals surface area contributed by atoms with Crippen molar-refractivity contribution < 1.29 is 14.9 Å². The van der Waals surface area contributed by atoms with E-state index >= 15 is 0 Å². The van der Waals surface area contributed by atoms with Crippen molar-refractivity contribution in [2.75, 3.05) is 14.1 Å². The number of aliphatic hydroxyl groups excluding tert-OH is 2. The fourth-order valence-corrected chi connectivity index (χ4v) is 9.21. The van der Waals surface area contributed by atoms with Crippen LogP contribution in [0.1, 0.15) is 56.7 Å². The highest BCUT2D eigenvalue weighted by Gasteiger charge is 2.73. The van der Waals surface area contributed by atoms with E-state index in [1.807, 2.05) is 19.0 Å². The van der Waals surface area contributed by atoms with E-state index in [0.29, 0.717) is 6.42 Å². The van der Waals surface area contributed by atoms with Gasteiger partial charge in [0.15, 0.2) is 0 Å². The van der Waals surface area contributed by atoms with E-state index in [9.17, 15) is 10.2 Å². The number of halogens is 1. The maximum Gasteiger partial charge on any atom is 0.105 e. The molecule has 3 heterocycles. The van der Waals surface area contributed by atoms with E-state index in [0.717, 1.165) is 48.9 Å². The van der Waals surface area contributed by atoms with Gasteiger partial charge in [0, 0.05) is 23.0 Å². The van der Waals surface area contributed by atoms with Crippen LogP contribution in [0.4, 0.5) is 0 Å². The zero-order valence-corrected chi connectivity index (χ0v) is 22.3. The average Bonchev–Trinajstić information content (AvgIpc) is 3.50. The Bertz CT molecular complexity index is 1330. The third-order valence-corrected chi connectivity index (χ3v) is 11.3. The van der Waals surface area contributed by atoms with Crippen molar-refractivity contribution in [1.29, 1.82) is 0 Å². The molecule has 8 atom stereocenters. The number of benzene rings is 1. The minimum Gasteiger partial charge on any atom is -0.388 e. The Morgan fingerprint density at radius 2 is 1.97 bits per heavy atom. The number of ether oxygens (including phenoxy) is 1. The van der Waals surface area contributed by atoms with Gasteiger partial charge in [0.1, 0.15) is 6.10 Å². The third-order valence-electron chi connectivity index (χ3n) is 10.7. The summed E-state index contributed by atoms with van der Waals surface area (Å²) in [7, 11) is 3.93. The standard InChI is InChI=1S/C29H36ClN3O3/c1-16-18-13-17(5-7-21(18)32-31-16)19-6-8-23-26(19,2)9-11-28(30)14-20-24(34)25(35)22(33(3)4)15-27(20)10-12-29(23,28)36-27/h5-7,13-14,22-25,34-35H,8-12,15H2,1-4H3,(H,31,32). The van der Waals surface area contributed by atoms with Crippen molar-refractivity contribution in [3.05, 3.63) is 47.2 Å². The average molecular weight is 510 g/mol. The van der Waals surface area contributed by atoms with Gasteiger partial charge in [0.05, 0.1) is 27.7 Å². The molecule has 36 heavy (non-hydrogen) atoms. The minimum atomic E-state index is -0.951. The molecule has 0 radical (unpaired) electrons. The number of nitrogens with zero attached hydrogens (tertiary/aromatic N) is 2. The van der Waals surface area contributed by atoms with Crippen LogP contribution in [-0.4, -0.2) is 73.7 Å². The van der Waals surface area contributed by atoms with Crippen molar-refractivity contribution in [2.24, 2.45) is 11.3 Å². The number of alkyl halides is 1. The molecule has 1 aromatic carbocycles. The summed E-state index contributed by atoms with van der Waals surface area (Å²) in [4.78, 5) is 1.34. The minimum absolute atomic E-state index is 0.0473. The number of nitrogens with one attached hydrogen (secondary N) is 1. The number of aromatic amines is 1. The van der Waals surface area contributed by atoms with Gasteiger partial charge in [-0.15, -0.1) is 11.6 Å². The third kappa shape index (κ3) is 2.70. The number of H-pyrrole nitrogens is 1. The largest absolute Gasteiger partial charge is 0.388 e. The predicted octanol–water partition coefficient (Wildman–Crippen LogP) is 4.34. The van der Waals surface area contributed by atoms with Gasteiger partial charge in [-0.1, -0.05) is 25.1 Å². The van der Waals surface area contributed by atoms with Crippen molar-refractivity contribution in [1.82, 2.24) is 15.1 Å². The van der Waals surface area contributed by atoms with Crippen LogP contribution in [0.5, 0.6) is 0 Å². The first kappa shape index (κ1) is 23.4. The molecule has 2 bridgehead atoms. The van der Waals surface area contributed by atoms with Gasteiger partial charge in [0.2, 0.25) is 0 Å². The number of hydrogen-bond donors (Lipinski definition) is 3. The normalized spacial score (nSPS) is 45.3. The lowest BCUT2D eigenvalue weighted by atomic mass is 9.54. The Balaban J connectivity index is 1.30. The first-order chi connectivity index (χ1) is 17.0. The highest BCUT2D eigenvalue weighted by atomic mass is 35.5. The summed E-state index contributed by atoms with van der Waals surface area (Å²) in [6.07, 6.45) is 7.82. The van der Waals surface area contributed by atoms with E-state index in [4.69, 9.17) is 16.3 Å². The van der Waals surface area contributed by atoms with Crippen LogP contribution in [0.2, 0.25) is 0 Å². The fourth-order valence-electron chi connectivity index (χ4n) is 8.74. The van der Waals surface area contributed by atoms with Gasteiger partial charge in [-0.2, -0.15) is 5.10 Å². The van der Waals surface area contributed by atoms with Crippen LogP contribution in [-0.2, 0) is 4.74 Å². The number of fused-ring (bicyclic) bond motifs is 2. The maximum atomic E-state index is 11.2. The smallest absolute Gasteiger partial charge is 0.105 e. The predicted molar refractivity (Wildman–Crippen MR) is 141 cm³/mol. The van der Waals surface area contributed by atoms with E-state index in [1.54, 1.807) is 0 Å². The number of allylic oxidation sites excluding steroid dienone is 2. The summed E-state index contributed by atoms with van der Waals surface area (Å²) < 4.78 is 7.28. The molecule has 5 aliphatic rings. The molecule has 2 aromatic rings. The SMILES string of the molecule is Cc1[nH]nc2ccc(C3=CCC4C3(C)CCC3(Cl)C=C5C(O)C(O)C(N(C)C)CC56CCC43O6)cc12. The Labute approximate surface area is 217 Å². The summed E-state index contributed by atoms with van der Waals surface area (Å²) in [5.74, 6) is 0.256. The maximum absolute atomic E-state index is 11.2. The molecule has 7 heteroatoms. The first-order valence-electron chi connectivity index (χ1n) is 13.3. The summed E-state index contributed by atoms with van der Waals surface area (Å²) >= 11 is 7.56. The highest BCUT2D eigenvalue weighted by Crippen LogP contribution is 2.71. The van der Waals surface area contributed by atoms with Gasteiger partial charge >= 0.3 is 0 Å². The van der Waals surface area contributed by atoms with Gasteiger partial charge in [0.25, 0.3) is 0 Å². The summed E-state index contributed by atoms with van der Waals surface area (Å²) in [5, 5.41) is 30.9. The number of aryl methyl sites for hydroxylation is 1. The number of aliphatic hydroxyl groups is 2. The summed E-state index contributed by atoms with van der Waals surface area (Å²) in [6.45, 7) is 4.48. The van der Waals surface area contributed by atoms with Crippen LogP contribution >= 0.6 is 11.6 Å². The van der Waals surface area contributed by atoms with E-state index in [2.05, 4.69) is 54.4 Å². The van der Waals surface area contributed by atoms with E-state index in [-0.39, 0.29) is 17.4 Å². The molecule has 8 unspecified atom stereocenters. The van der Waals surface area contributed by atoms with Crippen LogP contribution in [0, 0.1) is 18.3 Å². The fraction of sp³-hybridized carbons (Fsp3) is 0.621. The number of rotatable bonds is 2. The molecule has 3 aliphatic carbocycles. The quantitative estimate of drug-likeness (QED) is 0.414. The molecule has 3 N–H and O–H groups in total. The van der Waals surface area contributed by atoms with Gasteiger partial charge < -0.3 is 19.8 Å². The number of likely N-dealkylation sites (N-methyl/N-ethyl adjacent to an activating group) is 1. The lowest BCUT2D eigenvalue weighted by Crippen LogP contribution is -2.68. The molecular formula is C29H36ClN3O3. The second-order valence-electron chi connectivity index (χ2n) is 12.5. The number of hydrogen-bond acceptors (Lipinski definition) is 5. The molecule has 2 aliphatic heterocycles. The summed E-state index contributed by atoms with van der Waals surface area (Å²) in [5.41, 5.74) is 4.47. The molecule has 6 nitrogen and oxygen atoms in total. The molecule has 1 aromatic heterocycles. The van der Waals surface area contributed by atoms with Crippen LogP contribution in [0.25, 0.3) is 16.5 Å². The molecule has 2 saturated carbocycles. The molecule has 1 saturated heterocycles. The van der Waals surface area contributed by atoms with Crippen LogP contribution in [0.3, 0.4) is 0 Å².